The van der Waals surface area contributed by atoms with Gasteiger partial charge in [-0.2, -0.15) is 0 Å². The van der Waals surface area contributed by atoms with Gasteiger partial charge in [0, 0.05) is 24.4 Å². The molecule has 4 rings (SSSR count). The number of carbonyl (C=O) groups is 1. The number of halogens is 1. The van der Waals surface area contributed by atoms with Crippen LogP contribution >= 0.6 is 11.3 Å². The number of nitrogens with zero attached hydrogens (tertiary/aromatic N) is 3. The lowest BCUT2D eigenvalue weighted by molar-refractivity contribution is 0.0670. The van der Waals surface area contributed by atoms with Gasteiger partial charge in [0.05, 0.1) is 12.1 Å². The van der Waals surface area contributed by atoms with Gasteiger partial charge in [0.25, 0.3) is 5.91 Å². The first-order valence-corrected chi connectivity index (χ1v) is 9.49. The number of thiazole rings is 1. The van der Waals surface area contributed by atoms with Crippen molar-refractivity contribution in [3.05, 3.63) is 65.2 Å². The van der Waals surface area contributed by atoms with Crippen molar-refractivity contribution in [2.75, 3.05) is 6.61 Å². The molecule has 3 aromatic rings. The zero-order valence-corrected chi connectivity index (χ0v) is 15.2. The topological polar surface area (TPSA) is 77.0 Å². The number of hydrogen-bond acceptors (Lipinski definition) is 6. The van der Waals surface area contributed by atoms with E-state index >= 15 is 0 Å². The van der Waals surface area contributed by atoms with Crippen molar-refractivity contribution < 1.29 is 13.9 Å². The van der Waals surface area contributed by atoms with Crippen LogP contribution in [0.1, 0.15) is 34.9 Å². The summed E-state index contributed by atoms with van der Waals surface area (Å²) in [7, 11) is 0. The van der Waals surface area contributed by atoms with Crippen molar-refractivity contribution >= 4 is 17.2 Å². The fraction of sp³-hybridized carbons (Fsp3) is 0.263. The van der Waals surface area contributed by atoms with Gasteiger partial charge in [0.15, 0.2) is 10.8 Å². The third-order valence-corrected chi connectivity index (χ3v) is 5.18. The van der Waals surface area contributed by atoms with Crippen molar-refractivity contribution in [3.8, 4) is 10.8 Å². The molecule has 138 valence electrons. The number of hydrogen-bond donors (Lipinski definition) is 1. The van der Waals surface area contributed by atoms with Crippen LogP contribution in [0.2, 0.25) is 0 Å². The van der Waals surface area contributed by atoms with Crippen LogP contribution in [-0.2, 0) is 4.74 Å². The van der Waals surface area contributed by atoms with E-state index in [4.69, 9.17) is 4.74 Å². The molecule has 0 saturated carbocycles. The molecule has 0 aliphatic carbocycles. The second kappa shape index (κ2) is 7.89. The van der Waals surface area contributed by atoms with Crippen molar-refractivity contribution in [1.29, 1.82) is 0 Å². The molecule has 27 heavy (non-hydrogen) atoms. The highest BCUT2D eigenvalue weighted by Gasteiger charge is 2.29. The van der Waals surface area contributed by atoms with Gasteiger partial charge in [-0.15, -0.1) is 11.3 Å². The van der Waals surface area contributed by atoms with E-state index in [9.17, 15) is 9.18 Å². The highest BCUT2D eigenvalue weighted by Crippen LogP contribution is 2.28. The first-order valence-electron chi connectivity index (χ1n) is 8.61. The second-order valence-electron chi connectivity index (χ2n) is 6.16. The molecule has 8 heteroatoms. The molecular formula is C19H17FN4O2S. The summed E-state index contributed by atoms with van der Waals surface area (Å²) in [5.74, 6) is -0.141. The third kappa shape index (κ3) is 4.01. The van der Waals surface area contributed by atoms with E-state index in [1.807, 2.05) is 0 Å². The first kappa shape index (κ1) is 17.7. The molecule has 2 aromatic heterocycles. The lowest BCUT2D eigenvalue weighted by atomic mass is 9.99. The van der Waals surface area contributed by atoms with Crippen LogP contribution in [0, 0.1) is 5.82 Å². The van der Waals surface area contributed by atoms with Crippen molar-refractivity contribution in [3.63, 3.8) is 0 Å². The average molecular weight is 384 g/mol. The summed E-state index contributed by atoms with van der Waals surface area (Å²) in [5.41, 5.74) is 1.10. The molecule has 0 radical (unpaired) electrons. The SMILES string of the molecule is O=C(NC(c1ccc(F)cc1)C1CCCO1)c1csc(-c2ncccn2)n1. The van der Waals surface area contributed by atoms with Crippen LogP contribution < -0.4 is 5.32 Å². The lowest BCUT2D eigenvalue weighted by Gasteiger charge is -2.24. The Labute approximate surface area is 159 Å². The van der Waals surface area contributed by atoms with E-state index in [1.54, 1.807) is 36.0 Å². The highest BCUT2D eigenvalue weighted by molar-refractivity contribution is 7.13. The quantitative estimate of drug-likeness (QED) is 0.730. The molecule has 1 N–H and O–H groups in total. The van der Waals surface area contributed by atoms with Gasteiger partial charge >= 0.3 is 0 Å². The Morgan fingerprint density at radius 1 is 1.26 bits per heavy atom. The van der Waals surface area contributed by atoms with E-state index in [1.165, 1.54) is 23.5 Å². The number of ether oxygens (including phenoxy) is 1. The number of carbonyl (C=O) groups excluding carboxylic acids is 1. The summed E-state index contributed by atoms with van der Waals surface area (Å²) in [6, 6.07) is 7.48. The average Bonchev–Trinajstić information content (AvgIpc) is 3.40. The van der Waals surface area contributed by atoms with E-state index < -0.39 is 0 Å². The Kier molecular flexibility index (Phi) is 5.17. The molecule has 0 spiro atoms. The highest BCUT2D eigenvalue weighted by atomic mass is 32.1. The Balaban J connectivity index is 1.55. The fourth-order valence-electron chi connectivity index (χ4n) is 3.03. The minimum atomic E-state index is -0.362. The molecular weight excluding hydrogens is 367 g/mol. The van der Waals surface area contributed by atoms with Gasteiger partial charge in [0.2, 0.25) is 0 Å². The summed E-state index contributed by atoms with van der Waals surface area (Å²) >= 11 is 1.31. The molecule has 2 unspecified atom stereocenters. The van der Waals surface area contributed by atoms with E-state index in [-0.39, 0.29) is 23.9 Å². The molecule has 1 aromatic carbocycles. The molecule has 3 heterocycles. The normalized spacial score (nSPS) is 17.6. The largest absolute Gasteiger partial charge is 0.376 e. The van der Waals surface area contributed by atoms with E-state index in [2.05, 4.69) is 20.3 Å². The summed E-state index contributed by atoms with van der Waals surface area (Å²) in [4.78, 5) is 25.4. The Bertz CT molecular complexity index is 911. The molecule has 0 bridgehead atoms. The Morgan fingerprint density at radius 3 is 2.74 bits per heavy atom. The van der Waals surface area contributed by atoms with Crippen LogP contribution in [0.4, 0.5) is 4.39 Å². The maximum absolute atomic E-state index is 13.3. The monoisotopic (exact) mass is 384 g/mol. The number of nitrogens with one attached hydrogen (secondary N) is 1. The molecule has 1 aliphatic rings. The summed E-state index contributed by atoms with van der Waals surface area (Å²) in [6.07, 6.45) is 4.89. The van der Waals surface area contributed by atoms with Gasteiger partial charge in [-0.3, -0.25) is 4.79 Å². The van der Waals surface area contributed by atoms with Crippen molar-refractivity contribution in [2.45, 2.75) is 25.0 Å². The maximum atomic E-state index is 13.3. The molecule has 6 nitrogen and oxygen atoms in total. The van der Waals surface area contributed by atoms with E-state index in [0.717, 1.165) is 18.4 Å². The van der Waals surface area contributed by atoms with Crippen LogP contribution in [-0.4, -0.2) is 33.6 Å². The number of benzene rings is 1. The minimum Gasteiger partial charge on any atom is -0.376 e. The van der Waals surface area contributed by atoms with Crippen LogP contribution in [0.3, 0.4) is 0 Å². The molecule has 1 saturated heterocycles. The zero-order chi connectivity index (χ0) is 18.6. The van der Waals surface area contributed by atoms with Gasteiger partial charge in [-0.25, -0.2) is 19.3 Å². The Hall–Kier alpha value is -2.71. The number of rotatable bonds is 5. The van der Waals surface area contributed by atoms with Crippen molar-refractivity contribution in [2.24, 2.45) is 0 Å². The Morgan fingerprint density at radius 2 is 2.04 bits per heavy atom. The van der Waals surface area contributed by atoms with Crippen molar-refractivity contribution in [1.82, 2.24) is 20.3 Å². The van der Waals surface area contributed by atoms with Gasteiger partial charge in [-0.1, -0.05) is 12.1 Å². The van der Waals surface area contributed by atoms with Crippen LogP contribution in [0.15, 0.2) is 48.1 Å². The van der Waals surface area contributed by atoms with Gasteiger partial charge in [-0.05, 0) is 36.6 Å². The predicted octanol–water partition coefficient (Wildman–Crippen LogP) is 3.39. The first-order chi connectivity index (χ1) is 13.2. The van der Waals surface area contributed by atoms with E-state index in [0.29, 0.717) is 23.1 Å². The molecule has 1 amide bonds. The summed E-state index contributed by atoms with van der Waals surface area (Å²) in [5, 5.41) is 5.25. The zero-order valence-electron chi connectivity index (χ0n) is 14.3. The standard InChI is InChI=1S/C19H17FN4O2S/c20-13-6-4-12(5-7-13)16(15-3-1-10-26-15)24-18(25)14-11-27-19(23-14)17-21-8-2-9-22-17/h2,4-9,11,15-16H,1,3,10H2,(H,24,25). The lowest BCUT2D eigenvalue weighted by Crippen LogP contribution is -2.36. The summed E-state index contributed by atoms with van der Waals surface area (Å²) in [6.45, 7) is 0.657. The summed E-state index contributed by atoms with van der Waals surface area (Å²) < 4.78 is 19.0. The smallest absolute Gasteiger partial charge is 0.271 e. The van der Waals surface area contributed by atoms with Crippen LogP contribution in [0.5, 0.6) is 0 Å². The van der Waals surface area contributed by atoms with Gasteiger partial charge < -0.3 is 10.1 Å². The predicted molar refractivity (Wildman–Crippen MR) is 98.7 cm³/mol. The minimum absolute atomic E-state index is 0.144. The second-order valence-corrected chi connectivity index (χ2v) is 7.02. The molecule has 1 fully saturated rings. The maximum Gasteiger partial charge on any atom is 0.271 e. The van der Waals surface area contributed by atoms with Crippen LogP contribution in [0.25, 0.3) is 10.8 Å². The fourth-order valence-corrected chi connectivity index (χ4v) is 3.78. The number of aromatic nitrogens is 3. The molecule has 1 aliphatic heterocycles. The van der Waals surface area contributed by atoms with Gasteiger partial charge in [0.1, 0.15) is 11.5 Å². The number of amides is 1. The third-order valence-electron chi connectivity index (χ3n) is 4.35. The molecule has 2 atom stereocenters.